The normalized spacial score (nSPS) is 11.0. The van der Waals surface area contributed by atoms with Gasteiger partial charge < -0.3 is 9.52 Å². The third-order valence-electron chi connectivity index (χ3n) is 4.39. The molecule has 134 valence electrons. The van der Waals surface area contributed by atoms with Crippen molar-refractivity contribution in [2.45, 2.75) is 6.42 Å². The highest BCUT2D eigenvalue weighted by atomic mass is 19.1. The van der Waals surface area contributed by atoms with Crippen LogP contribution in [-0.2, 0) is 6.42 Å². The third kappa shape index (κ3) is 3.19. The molecule has 5 heteroatoms. The maximum Gasteiger partial charge on any atom is 0.196 e. The molecule has 3 aromatic carbocycles. The van der Waals surface area contributed by atoms with Crippen LogP contribution in [0.1, 0.15) is 11.1 Å². The molecule has 0 unspecified atom stereocenters. The van der Waals surface area contributed by atoms with Gasteiger partial charge in [0.1, 0.15) is 28.7 Å². The number of phenols is 1. The minimum absolute atomic E-state index is 0.0530. The van der Waals surface area contributed by atoms with Crippen LogP contribution in [0.3, 0.4) is 0 Å². The Morgan fingerprint density at radius 1 is 0.889 bits per heavy atom. The number of hydrogen-bond acceptors (Lipinski definition) is 3. The van der Waals surface area contributed by atoms with Crippen molar-refractivity contribution in [1.82, 2.24) is 0 Å². The molecule has 3 nitrogen and oxygen atoms in total. The summed E-state index contributed by atoms with van der Waals surface area (Å²) in [5.74, 6) is -0.903. The standard InChI is InChI=1S/C22H14F2O3/c23-15-6-8-19(25)14(10-15)11-18-21(26)17-12-16(24)7-9-20(17)27-22(18)13-4-2-1-3-5-13/h1-10,12,25H,11H2. The van der Waals surface area contributed by atoms with Gasteiger partial charge in [-0.3, -0.25) is 4.79 Å². The molecule has 0 atom stereocenters. The molecule has 1 aromatic heterocycles. The van der Waals surface area contributed by atoms with Crippen LogP contribution in [0.4, 0.5) is 8.78 Å². The number of phenolic OH excluding ortho intramolecular Hbond substituents is 1. The Morgan fingerprint density at radius 2 is 1.59 bits per heavy atom. The maximum absolute atomic E-state index is 13.6. The molecule has 1 N–H and O–H groups in total. The van der Waals surface area contributed by atoms with Gasteiger partial charge in [0.15, 0.2) is 5.43 Å². The molecule has 0 amide bonds. The number of hydrogen-bond donors (Lipinski definition) is 1. The van der Waals surface area contributed by atoms with E-state index in [0.717, 1.165) is 12.1 Å². The lowest BCUT2D eigenvalue weighted by molar-refractivity contribution is 0.466. The van der Waals surface area contributed by atoms with E-state index in [0.29, 0.717) is 11.3 Å². The number of rotatable bonds is 3. The van der Waals surface area contributed by atoms with Gasteiger partial charge in [0.05, 0.1) is 5.39 Å². The van der Waals surface area contributed by atoms with Crippen molar-refractivity contribution >= 4 is 11.0 Å². The SMILES string of the molecule is O=c1c(Cc2cc(F)ccc2O)c(-c2ccccc2)oc2ccc(F)cc12. The van der Waals surface area contributed by atoms with Crippen LogP contribution in [0.15, 0.2) is 75.9 Å². The van der Waals surface area contributed by atoms with Crippen LogP contribution < -0.4 is 5.43 Å². The predicted octanol–water partition coefficient (Wildman–Crippen LogP) is 5.03. The van der Waals surface area contributed by atoms with Crippen molar-refractivity contribution in [3.63, 3.8) is 0 Å². The summed E-state index contributed by atoms with van der Waals surface area (Å²) in [5, 5.41) is 10.1. The molecule has 0 fully saturated rings. The van der Waals surface area contributed by atoms with E-state index in [1.54, 1.807) is 24.3 Å². The van der Waals surface area contributed by atoms with Gasteiger partial charge in [-0.05, 0) is 36.4 Å². The van der Waals surface area contributed by atoms with Gasteiger partial charge in [-0.1, -0.05) is 30.3 Å². The lowest BCUT2D eigenvalue weighted by Gasteiger charge is -2.11. The molecule has 0 aliphatic heterocycles. The van der Waals surface area contributed by atoms with E-state index in [2.05, 4.69) is 0 Å². The first-order valence-electron chi connectivity index (χ1n) is 8.31. The molecule has 0 aliphatic rings. The van der Waals surface area contributed by atoms with Crippen LogP contribution in [0.2, 0.25) is 0 Å². The van der Waals surface area contributed by atoms with E-state index < -0.39 is 17.1 Å². The average Bonchev–Trinajstić information content (AvgIpc) is 2.67. The van der Waals surface area contributed by atoms with Gasteiger partial charge in [-0.2, -0.15) is 0 Å². The summed E-state index contributed by atoms with van der Waals surface area (Å²) in [4.78, 5) is 13.1. The minimum atomic E-state index is -0.554. The molecule has 0 radical (unpaired) electrons. The van der Waals surface area contributed by atoms with Crippen LogP contribution in [-0.4, -0.2) is 5.11 Å². The van der Waals surface area contributed by atoms with Crippen molar-refractivity contribution in [2.24, 2.45) is 0 Å². The van der Waals surface area contributed by atoms with Gasteiger partial charge >= 0.3 is 0 Å². The van der Waals surface area contributed by atoms with Gasteiger partial charge in [0.2, 0.25) is 0 Å². The minimum Gasteiger partial charge on any atom is -0.508 e. The Bertz CT molecular complexity index is 1200. The number of halogens is 2. The average molecular weight is 364 g/mol. The zero-order valence-electron chi connectivity index (χ0n) is 14.1. The van der Waals surface area contributed by atoms with Crippen molar-refractivity contribution in [1.29, 1.82) is 0 Å². The summed E-state index contributed by atoms with van der Waals surface area (Å²) >= 11 is 0. The molecule has 27 heavy (non-hydrogen) atoms. The summed E-state index contributed by atoms with van der Waals surface area (Å²) < 4.78 is 33.2. The third-order valence-corrected chi connectivity index (χ3v) is 4.39. The van der Waals surface area contributed by atoms with E-state index in [1.807, 2.05) is 6.07 Å². The van der Waals surface area contributed by atoms with Crippen LogP contribution in [0, 0.1) is 11.6 Å². The van der Waals surface area contributed by atoms with Crippen LogP contribution in [0.5, 0.6) is 5.75 Å². The van der Waals surface area contributed by atoms with Crippen molar-refractivity contribution in [3.8, 4) is 17.1 Å². The second kappa shape index (κ2) is 6.68. The Labute approximate surface area is 153 Å². The summed E-state index contributed by atoms with van der Waals surface area (Å²) in [6.45, 7) is 0. The monoisotopic (exact) mass is 364 g/mol. The fourth-order valence-corrected chi connectivity index (χ4v) is 3.08. The number of benzene rings is 3. The lowest BCUT2D eigenvalue weighted by Crippen LogP contribution is -2.12. The molecule has 0 aliphatic carbocycles. The Morgan fingerprint density at radius 3 is 2.37 bits per heavy atom. The van der Waals surface area contributed by atoms with Crippen molar-refractivity contribution in [2.75, 3.05) is 0 Å². The van der Waals surface area contributed by atoms with Gasteiger partial charge in [0.25, 0.3) is 0 Å². The maximum atomic E-state index is 13.6. The van der Waals surface area contributed by atoms with E-state index in [1.165, 1.54) is 24.3 Å². The second-order valence-electron chi connectivity index (χ2n) is 6.20. The van der Waals surface area contributed by atoms with E-state index in [4.69, 9.17) is 4.42 Å². The van der Waals surface area contributed by atoms with E-state index in [-0.39, 0.29) is 34.3 Å². The molecular formula is C22H14F2O3. The van der Waals surface area contributed by atoms with E-state index in [9.17, 15) is 18.7 Å². The lowest BCUT2D eigenvalue weighted by atomic mass is 9.98. The summed E-state index contributed by atoms with van der Waals surface area (Å²) in [6, 6.07) is 16.3. The Hall–Kier alpha value is -3.47. The Kier molecular flexibility index (Phi) is 4.20. The summed E-state index contributed by atoms with van der Waals surface area (Å²) in [7, 11) is 0. The van der Waals surface area contributed by atoms with Crippen LogP contribution >= 0.6 is 0 Å². The first kappa shape index (κ1) is 17.0. The molecule has 4 aromatic rings. The number of fused-ring (bicyclic) bond motifs is 1. The predicted molar refractivity (Wildman–Crippen MR) is 98.7 cm³/mol. The fourth-order valence-electron chi connectivity index (χ4n) is 3.08. The molecule has 0 bridgehead atoms. The van der Waals surface area contributed by atoms with Gasteiger partial charge in [-0.25, -0.2) is 8.78 Å². The van der Waals surface area contributed by atoms with E-state index >= 15 is 0 Å². The highest BCUT2D eigenvalue weighted by Gasteiger charge is 2.18. The highest BCUT2D eigenvalue weighted by molar-refractivity contribution is 5.80. The summed E-state index contributed by atoms with van der Waals surface area (Å²) in [5.41, 5.74) is 0.966. The number of aromatic hydroxyl groups is 1. The van der Waals surface area contributed by atoms with Crippen molar-refractivity contribution < 1.29 is 18.3 Å². The molecule has 0 spiro atoms. The molecule has 4 rings (SSSR count). The molecular weight excluding hydrogens is 350 g/mol. The first-order chi connectivity index (χ1) is 13.0. The zero-order valence-corrected chi connectivity index (χ0v) is 14.1. The fraction of sp³-hybridized carbons (Fsp3) is 0.0455. The topological polar surface area (TPSA) is 50.4 Å². The van der Waals surface area contributed by atoms with Crippen molar-refractivity contribution in [3.05, 3.63) is 99.7 Å². The van der Waals surface area contributed by atoms with Gasteiger partial charge in [-0.15, -0.1) is 0 Å². The summed E-state index contributed by atoms with van der Waals surface area (Å²) in [6.07, 6.45) is -0.0530. The molecule has 1 heterocycles. The quantitative estimate of drug-likeness (QED) is 0.554. The molecule has 0 saturated carbocycles. The first-order valence-corrected chi connectivity index (χ1v) is 8.31. The zero-order chi connectivity index (χ0) is 19.0. The van der Waals surface area contributed by atoms with Gasteiger partial charge in [0, 0.05) is 23.1 Å². The Balaban J connectivity index is 2.00. The molecule has 0 saturated heterocycles. The smallest absolute Gasteiger partial charge is 0.196 e. The highest BCUT2D eigenvalue weighted by Crippen LogP contribution is 2.29. The van der Waals surface area contributed by atoms with Crippen LogP contribution in [0.25, 0.3) is 22.3 Å². The largest absolute Gasteiger partial charge is 0.508 e. The second-order valence-corrected chi connectivity index (χ2v) is 6.20.